The van der Waals surface area contributed by atoms with Crippen molar-refractivity contribution in [2.45, 2.75) is 12.8 Å². The van der Waals surface area contributed by atoms with Crippen LogP contribution in [0.1, 0.15) is 23.2 Å². The Morgan fingerprint density at radius 2 is 2.25 bits per heavy atom. The minimum Gasteiger partial charge on any atom is -0.372 e. The lowest BCUT2D eigenvalue weighted by molar-refractivity contribution is 0.112. The molecule has 0 bridgehead atoms. The van der Waals surface area contributed by atoms with Gasteiger partial charge in [-0.2, -0.15) is 0 Å². The predicted molar refractivity (Wildman–Crippen MR) is 64.5 cm³/mol. The second kappa shape index (κ2) is 6.05. The lowest BCUT2D eigenvalue weighted by atomic mass is 10.1. The number of anilines is 1. The molecule has 1 rings (SSSR count). The SMILES string of the molecule is C=CCCCN(C)c1c(F)cccc1C=O. The molecule has 86 valence electrons. The molecule has 0 aliphatic carbocycles. The van der Waals surface area contributed by atoms with Crippen molar-refractivity contribution in [3.63, 3.8) is 0 Å². The standard InChI is InChI=1S/C13H16FNO/c1-3-4-5-9-15(2)13-11(10-16)7-6-8-12(13)14/h3,6-8,10H,1,4-5,9H2,2H3. The second-order valence-corrected chi connectivity index (χ2v) is 3.65. The van der Waals surface area contributed by atoms with Crippen LogP contribution in [0.3, 0.4) is 0 Å². The summed E-state index contributed by atoms with van der Waals surface area (Å²) in [5, 5.41) is 0. The highest BCUT2D eigenvalue weighted by atomic mass is 19.1. The smallest absolute Gasteiger partial charge is 0.152 e. The molecule has 0 spiro atoms. The Labute approximate surface area is 95.4 Å². The number of carbonyl (C=O) groups is 1. The Hall–Kier alpha value is -1.64. The van der Waals surface area contributed by atoms with Crippen molar-refractivity contribution in [2.75, 3.05) is 18.5 Å². The van der Waals surface area contributed by atoms with Gasteiger partial charge in [0.1, 0.15) is 5.82 Å². The third-order valence-corrected chi connectivity index (χ3v) is 2.43. The summed E-state index contributed by atoms with van der Waals surface area (Å²) in [6, 6.07) is 4.53. The number of allylic oxidation sites excluding steroid dienone is 1. The fourth-order valence-corrected chi connectivity index (χ4v) is 1.61. The van der Waals surface area contributed by atoms with E-state index in [9.17, 15) is 9.18 Å². The van der Waals surface area contributed by atoms with E-state index in [1.54, 1.807) is 24.1 Å². The minimum absolute atomic E-state index is 0.356. The summed E-state index contributed by atoms with van der Waals surface area (Å²) in [6.45, 7) is 4.33. The van der Waals surface area contributed by atoms with Crippen LogP contribution in [0.25, 0.3) is 0 Å². The van der Waals surface area contributed by atoms with Gasteiger partial charge in [0.2, 0.25) is 0 Å². The van der Waals surface area contributed by atoms with E-state index in [0.717, 1.165) is 12.8 Å². The summed E-state index contributed by atoms with van der Waals surface area (Å²) >= 11 is 0. The molecule has 0 aromatic heterocycles. The quantitative estimate of drug-likeness (QED) is 0.418. The van der Waals surface area contributed by atoms with E-state index in [1.807, 2.05) is 6.08 Å². The number of aldehydes is 1. The first-order valence-corrected chi connectivity index (χ1v) is 5.26. The Morgan fingerprint density at radius 3 is 2.88 bits per heavy atom. The van der Waals surface area contributed by atoms with Crippen LogP contribution in [0.4, 0.5) is 10.1 Å². The number of carbonyl (C=O) groups excluding carboxylic acids is 1. The van der Waals surface area contributed by atoms with Gasteiger partial charge in [-0.1, -0.05) is 12.1 Å². The normalized spacial score (nSPS) is 9.88. The fraction of sp³-hybridized carbons (Fsp3) is 0.308. The Kier molecular flexibility index (Phi) is 4.70. The second-order valence-electron chi connectivity index (χ2n) is 3.65. The van der Waals surface area contributed by atoms with Crippen LogP contribution in [-0.2, 0) is 0 Å². The Bertz CT molecular complexity index is 376. The molecule has 16 heavy (non-hydrogen) atoms. The molecule has 0 radical (unpaired) electrons. The third kappa shape index (κ3) is 2.92. The van der Waals surface area contributed by atoms with Crippen molar-refractivity contribution < 1.29 is 9.18 Å². The number of para-hydroxylation sites is 1. The molecule has 0 saturated heterocycles. The maximum atomic E-state index is 13.6. The van der Waals surface area contributed by atoms with Crippen molar-refractivity contribution in [3.8, 4) is 0 Å². The number of unbranched alkanes of at least 4 members (excludes halogenated alkanes) is 1. The van der Waals surface area contributed by atoms with E-state index in [-0.39, 0.29) is 5.82 Å². The summed E-state index contributed by atoms with van der Waals surface area (Å²) in [4.78, 5) is 12.6. The molecule has 0 heterocycles. The summed E-state index contributed by atoms with van der Waals surface area (Å²) in [6.07, 6.45) is 4.29. The topological polar surface area (TPSA) is 20.3 Å². The average molecular weight is 221 g/mol. The lowest BCUT2D eigenvalue weighted by Crippen LogP contribution is -2.21. The zero-order valence-corrected chi connectivity index (χ0v) is 9.45. The highest BCUT2D eigenvalue weighted by Gasteiger charge is 2.11. The van der Waals surface area contributed by atoms with Crippen LogP contribution in [-0.4, -0.2) is 19.9 Å². The van der Waals surface area contributed by atoms with Crippen molar-refractivity contribution in [1.82, 2.24) is 0 Å². The molecular weight excluding hydrogens is 205 g/mol. The Balaban J connectivity index is 2.84. The summed E-state index contributed by atoms with van der Waals surface area (Å²) in [5.41, 5.74) is 0.766. The van der Waals surface area contributed by atoms with Crippen LogP contribution >= 0.6 is 0 Å². The molecule has 1 aromatic rings. The monoisotopic (exact) mass is 221 g/mol. The Morgan fingerprint density at radius 1 is 1.50 bits per heavy atom. The molecule has 0 fully saturated rings. The largest absolute Gasteiger partial charge is 0.372 e. The third-order valence-electron chi connectivity index (χ3n) is 2.43. The zero-order chi connectivity index (χ0) is 12.0. The first kappa shape index (κ1) is 12.4. The van der Waals surface area contributed by atoms with Crippen LogP contribution in [0, 0.1) is 5.82 Å². The van der Waals surface area contributed by atoms with E-state index >= 15 is 0 Å². The molecule has 0 unspecified atom stereocenters. The maximum absolute atomic E-state index is 13.6. The van der Waals surface area contributed by atoms with Crippen LogP contribution < -0.4 is 4.90 Å². The minimum atomic E-state index is -0.356. The predicted octanol–water partition coefficient (Wildman–Crippen LogP) is 3.04. The van der Waals surface area contributed by atoms with E-state index < -0.39 is 0 Å². The average Bonchev–Trinajstić information content (AvgIpc) is 2.28. The van der Waals surface area contributed by atoms with E-state index in [0.29, 0.717) is 24.1 Å². The van der Waals surface area contributed by atoms with Gasteiger partial charge < -0.3 is 4.90 Å². The molecule has 1 aromatic carbocycles. The lowest BCUT2D eigenvalue weighted by Gasteiger charge is -2.21. The van der Waals surface area contributed by atoms with E-state index in [4.69, 9.17) is 0 Å². The van der Waals surface area contributed by atoms with Gasteiger partial charge >= 0.3 is 0 Å². The first-order chi connectivity index (χ1) is 7.70. The van der Waals surface area contributed by atoms with Gasteiger partial charge in [-0.3, -0.25) is 4.79 Å². The summed E-state index contributed by atoms with van der Waals surface area (Å²) < 4.78 is 13.6. The van der Waals surface area contributed by atoms with Crippen molar-refractivity contribution >= 4 is 12.0 Å². The number of halogens is 1. The van der Waals surface area contributed by atoms with Gasteiger partial charge in [-0.15, -0.1) is 6.58 Å². The van der Waals surface area contributed by atoms with E-state index in [2.05, 4.69) is 6.58 Å². The van der Waals surface area contributed by atoms with Gasteiger partial charge in [0.05, 0.1) is 5.69 Å². The summed E-state index contributed by atoms with van der Waals surface area (Å²) in [7, 11) is 1.79. The zero-order valence-electron chi connectivity index (χ0n) is 9.45. The maximum Gasteiger partial charge on any atom is 0.152 e. The van der Waals surface area contributed by atoms with Gasteiger partial charge in [0.25, 0.3) is 0 Å². The highest BCUT2D eigenvalue weighted by Crippen LogP contribution is 2.22. The van der Waals surface area contributed by atoms with Crippen LogP contribution in [0.5, 0.6) is 0 Å². The van der Waals surface area contributed by atoms with Gasteiger partial charge in [0, 0.05) is 19.2 Å². The molecule has 3 heteroatoms. The number of rotatable bonds is 6. The fourth-order valence-electron chi connectivity index (χ4n) is 1.61. The molecule has 0 atom stereocenters. The molecule has 0 saturated carbocycles. The molecular formula is C13H16FNO. The molecule has 0 amide bonds. The van der Waals surface area contributed by atoms with Gasteiger partial charge in [0.15, 0.2) is 6.29 Å². The van der Waals surface area contributed by atoms with Gasteiger partial charge in [-0.25, -0.2) is 4.39 Å². The van der Waals surface area contributed by atoms with Crippen molar-refractivity contribution in [3.05, 3.63) is 42.2 Å². The molecule has 0 aliphatic rings. The summed E-state index contributed by atoms with van der Waals surface area (Å²) in [5.74, 6) is -0.356. The van der Waals surface area contributed by atoms with Crippen LogP contribution in [0.15, 0.2) is 30.9 Å². The van der Waals surface area contributed by atoms with Gasteiger partial charge in [-0.05, 0) is 25.0 Å². The molecule has 2 nitrogen and oxygen atoms in total. The number of hydrogen-bond acceptors (Lipinski definition) is 2. The highest BCUT2D eigenvalue weighted by molar-refractivity contribution is 5.84. The number of hydrogen-bond donors (Lipinski definition) is 0. The van der Waals surface area contributed by atoms with Crippen LogP contribution in [0.2, 0.25) is 0 Å². The van der Waals surface area contributed by atoms with E-state index in [1.165, 1.54) is 6.07 Å². The molecule has 0 N–H and O–H groups in total. The van der Waals surface area contributed by atoms with Crippen molar-refractivity contribution in [2.24, 2.45) is 0 Å². The van der Waals surface area contributed by atoms with Crippen molar-refractivity contribution in [1.29, 1.82) is 0 Å². The first-order valence-electron chi connectivity index (χ1n) is 5.26. The number of nitrogens with zero attached hydrogens (tertiary/aromatic N) is 1. The molecule has 0 aliphatic heterocycles. The number of benzene rings is 1.